The molecule has 0 saturated heterocycles. The molecule has 1 aliphatic rings. The van der Waals surface area contributed by atoms with Gasteiger partial charge in [-0.1, -0.05) is 48.5 Å². The van der Waals surface area contributed by atoms with Gasteiger partial charge in [0.2, 0.25) is 0 Å². The van der Waals surface area contributed by atoms with E-state index in [1.807, 2.05) is 66.1 Å². The predicted octanol–water partition coefficient (Wildman–Crippen LogP) is 2.69. The molecule has 4 rings (SSSR count). The van der Waals surface area contributed by atoms with Gasteiger partial charge in [0.15, 0.2) is 12.0 Å². The van der Waals surface area contributed by atoms with Gasteiger partial charge < -0.3 is 5.11 Å². The van der Waals surface area contributed by atoms with Gasteiger partial charge in [-0.05, 0) is 13.0 Å². The fourth-order valence-corrected chi connectivity index (χ4v) is 3.02. The third-order valence-corrected chi connectivity index (χ3v) is 4.06. The maximum absolute atomic E-state index is 11.3. The number of benzene rings is 2. The summed E-state index contributed by atoms with van der Waals surface area (Å²) >= 11 is 0. The molecule has 0 radical (unpaired) electrons. The molecule has 25 heavy (non-hydrogen) atoms. The summed E-state index contributed by atoms with van der Waals surface area (Å²) in [5.74, 6) is 1.11. The molecule has 0 spiro atoms. The largest absolute Gasteiger partial charge is 0.465 e. The first-order valence-corrected chi connectivity index (χ1v) is 7.79. The van der Waals surface area contributed by atoms with Crippen LogP contribution in [0.5, 0.6) is 0 Å². The van der Waals surface area contributed by atoms with Crippen LogP contribution in [0.15, 0.2) is 59.6 Å². The molecule has 1 unspecified atom stereocenters. The van der Waals surface area contributed by atoms with Crippen LogP contribution in [0.1, 0.15) is 28.9 Å². The molecule has 2 aromatic carbocycles. The lowest BCUT2D eigenvalue weighted by Crippen LogP contribution is -2.27. The summed E-state index contributed by atoms with van der Waals surface area (Å²) in [6, 6.07) is 17.5. The highest BCUT2D eigenvalue weighted by molar-refractivity contribution is 6.15. The van der Waals surface area contributed by atoms with Gasteiger partial charge in [-0.3, -0.25) is 14.9 Å². The Morgan fingerprint density at radius 2 is 1.80 bits per heavy atom. The minimum absolute atomic E-state index is 0.443. The first-order valence-electron chi connectivity index (χ1n) is 7.79. The molecular weight excluding hydrogens is 318 g/mol. The zero-order valence-corrected chi connectivity index (χ0v) is 13.4. The van der Waals surface area contributed by atoms with Crippen LogP contribution in [-0.4, -0.2) is 31.7 Å². The van der Waals surface area contributed by atoms with E-state index in [-0.39, 0.29) is 0 Å². The molecule has 0 bridgehead atoms. The number of amides is 1. The molecule has 7 heteroatoms. The number of nitrogens with one attached hydrogen (secondary N) is 1. The number of carboxylic acid groups (broad SMARTS) is 1. The van der Waals surface area contributed by atoms with Crippen molar-refractivity contribution in [1.82, 2.24) is 20.1 Å². The maximum atomic E-state index is 11.3. The van der Waals surface area contributed by atoms with Crippen molar-refractivity contribution >= 4 is 11.8 Å². The fraction of sp³-hybridized carbons (Fsp3) is 0.111. The van der Waals surface area contributed by atoms with E-state index in [2.05, 4.69) is 20.5 Å². The number of carbonyl (C=O) groups is 1. The van der Waals surface area contributed by atoms with E-state index in [0.29, 0.717) is 17.4 Å². The fourth-order valence-electron chi connectivity index (χ4n) is 3.02. The molecule has 2 heterocycles. The quantitative estimate of drug-likeness (QED) is 0.754. The van der Waals surface area contributed by atoms with Gasteiger partial charge in [0.1, 0.15) is 5.82 Å². The number of nitrogens with zero attached hydrogens (tertiary/aromatic N) is 4. The summed E-state index contributed by atoms with van der Waals surface area (Å²) in [5.41, 5.74) is 3.38. The van der Waals surface area contributed by atoms with Gasteiger partial charge in [-0.25, -0.2) is 4.79 Å². The predicted molar refractivity (Wildman–Crippen MR) is 92.1 cm³/mol. The number of para-hydroxylation sites is 1. The van der Waals surface area contributed by atoms with E-state index >= 15 is 0 Å². The van der Waals surface area contributed by atoms with Crippen molar-refractivity contribution in [2.45, 2.75) is 13.1 Å². The van der Waals surface area contributed by atoms with E-state index in [1.165, 1.54) is 0 Å². The lowest BCUT2D eigenvalue weighted by Gasteiger charge is -2.12. The third-order valence-electron chi connectivity index (χ3n) is 4.06. The van der Waals surface area contributed by atoms with Gasteiger partial charge in [0, 0.05) is 11.1 Å². The molecular formula is C18H15N5O2. The minimum atomic E-state index is -1.17. The highest BCUT2D eigenvalue weighted by Gasteiger charge is 2.28. The van der Waals surface area contributed by atoms with Gasteiger partial charge in [-0.2, -0.15) is 0 Å². The SMILES string of the molecule is Cc1nnc2n1-c1ccccc1C(c1ccccc1)=NC2NC(=O)O. The highest BCUT2D eigenvalue weighted by Crippen LogP contribution is 2.29. The maximum Gasteiger partial charge on any atom is 0.406 e. The summed E-state index contributed by atoms with van der Waals surface area (Å²) in [6.07, 6.45) is -2.01. The van der Waals surface area contributed by atoms with E-state index in [0.717, 1.165) is 16.8 Å². The lowest BCUT2D eigenvalue weighted by molar-refractivity contribution is 0.189. The molecule has 124 valence electrons. The monoisotopic (exact) mass is 333 g/mol. The molecule has 7 nitrogen and oxygen atoms in total. The van der Waals surface area contributed by atoms with Crippen molar-refractivity contribution in [3.63, 3.8) is 0 Å². The Bertz CT molecular complexity index is 978. The Hall–Kier alpha value is -3.48. The van der Waals surface area contributed by atoms with Crippen LogP contribution < -0.4 is 5.32 Å². The van der Waals surface area contributed by atoms with Crippen molar-refractivity contribution in [2.24, 2.45) is 4.99 Å². The second kappa shape index (κ2) is 5.86. The van der Waals surface area contributed by atoms with Crippen LogP contribution in [0, 0.1) is 6.92 Å². The Balaban J connectivity index is 2.01. The van der Waals surface area contributed by atoms with E-state index < -0.39 is 12.3 Å². The molecule has 1 aliphatic heterocycles. The molecule has 0 aliphatic carbocycles. The molecule has 0 saturated carbocycles. The van der Waals surface area contributed by atoms with Crippen molar-refractivity contribution in [1.29, 1.82) is 0 Å². The number of hydrogen-bond acceptors (Lipinski definition) is 4. The first kappa shape index (κ1) is 15.1. The Kier molecular flexibility index (Phi) is 3.53. The summed E-state index contributed by atoms with van der Waals surface area (Å²) in [5, 5.41) is 19.9. The van der Waals surface area contributed by atoms with Crippen LogP contribution >= 0.6 is 0 Å². The standard InChI is InChI=1S/C18H15N5O2/c1-11-21-22-17-16(20-18(24)25)19-15(12-7-3-2-4-8-12)13-9-5-6-10-14(13)23(11)17/h2-10,16,20H,1H3,(H,24,25). The summed E-state index contributed by atoms with van der Waals surface area (Å²) in [4.78, 5) is 16.0. The van der Waals surface area contributed by atoms with Crippen LogP contribution in [0.4, 0.5) is 4.79 Å². The normalized spacial score (nSPS) is 15.6. The second-order valence-electron chi connectivity index (χ2n) is 5.65. The average molecular weight is 333 g/mol. The minimum Gasteiger partial charge on any atom is -0.465 e. The van der Waals surface area contributed by atoms with Crippen molar-refractivity contribution < 1.29 is 9.90 Å². The molecule has 2 N–H and O–H groups in total. The number of rotatable bonds is 2. The number of hydrogen-bond donors (Lipinski definition) is 2. The molecule has 3 aromatic rings. The summed E-state index contributed by atoms with van der Waals surface area (Å²) in [7, 11) is 0. The van der Waals surface area contributed by atoms with E-state index in [4.69, 9.17) is 0 Å². The van der Waals surface area contributed by atoms with Crippen LogP contribution in [-0.2, 0) is 0 Å². The van der Waals surface area contributed by atoms with Crippen LogP contribution in [0.25, 0.3) is 5.69 Å². The number of aryl methyl sites for hydroxylation is 1. The zero-order valence-electron chi connectivity index (χ0n) is 13.4. The van der Waals surface area contributed by atoms with E-state index in [1.54, 1.807) is 0 Å². The molecule has 1 amide bonds. The second-order valence-corrected chi connectivity index (χ2v) is 5.65. The topological polar surface area (TPSA) is 92.4 Å². The average Bonchev–Trinajstić information content (AvgIpc) is 2.94. The Morgan fingerprint density at radius 1 is 1.08 bits per heavy atom. The number of fused-ring (bicyclic) bond motifs is 3. The first-order chi connectivity index (χ1) is 12.1. The molecule has 1 atom stereocenters. The van der Waals surface area contributed by atoms with Gasteiger partial charge in [0.25, 0.3) is 0 Å². The summed E-state index contributed by atoms with van der Waals surface area (Å²) < 4.78 is 1.84. The molecule has 1 aromatic heterocycles. The third kappa shape index (κ3) is 2.55. The summed E-state index contributed by atoms with van der Waals surface area (Å²) in [6.45, 7) is 1.83. The van der Waals surface area contributed by atoms with Crippen molar-refractivity contribution in [3.8, 4) is 5.69 Å². The smallest absolute Gasteiger partial charge is 0.406 e. The van der Waals surface area contributed by atoms with Crippen molar-refractivity contribution in [3.05, 3.63) is 77.4 Å². The van der Waals surface area contributed by atoms with Crippen molar-refractivity contribution in [2.75, 3.05) is 0 Å². The van der Waals surface area contributed by atoms with E-state index in [9.17, 15) is 9.90 Å². The highest BCUT2D eigenvalue weighted by atomic mass is 16.4. The van der Waals surface area contributed by atoms with Gasteiger partial charge in [0.05, 0.1) is 11.4 Å². The Morgan fingerprint density at radius 3 is 2.56 bits per heavy atom. The molecule has 0 fully saturated rings. The van der Waals surface area contributed by atoms with Gasteiger partial charge >= 0.3 is 6.09 Å². The number of aliphatic imine (C=N–C) groups is 1. The lowest BCUT2D eigenvalue weighted by atomic mass is 10.0. The van der Waals surface area contributed by atoms with Crippen LogP contribution in [0.2, 0.25) is 0 Å². The van der Waals surface area contributed by atoms with Gasteiger partial charge in [-0.15, -0.1) is 10.2 Å². The van der Waals surface area contributed by atoms with Crippen LogP contribution in [0.3, 0.4) is 0 Å². The zero-order chi connectivity index (χ0) is 17.4. The number of aromatic nitrogens is 3. The Labute approximate surface area is 143 Å².